The number of hydrogen-bond donors (Lipinski definition) is 3. The molecule has 0 saturated heterocycles. The first kappa shape index (κ1) is 16.5. The molecule has 1 heterocycles. The molecular weight excluding hydrogens is 302 g/mol. The van der Waals surface area contributed by atoms with E-state index >= 15 is 0 Å². The number of primary amides is 1. The Morgan fingerprint density at radius 3 is 2.65 bits per heavy atom. The van der Waals surface area contributed by atoms with Gasteiger partial charge in [-0.15, -0.1) is 0 Å². The van der Waals surface area contributed by atoms with Gasteiger partial charge in [0.1, 0.15) is 17.1 Å². The fourth-order valence-corrected chi connectivity index (χ4v) is 2.08. The molecule has 2 aromatic rings. The van der Waals surface area contributed by atoms with Crippen molar-refractivity contribution in [1.29, 1.82) is 0 Å². The normalized spacial score (nSPS) is 13.3. The van der Waals surface area contributed by atoms with Gasteiger partial charge >= 0.3 is 0 Å². The third-order valence-electron chi connectivity index (χ3n) is 3.37. The van der Waals surface area contributed by atoms with E-state index in [2.05, 4.69) is 5.32 Å². The van der Waals surface area contributed by atoms with Crippen LogP contribution in [0.25, 0.3) is 0 Å². The maximum atomic E-state index is 11.5. The van der Waals surface area contributed by atoms with Crippen LogP contribution < -0.4 is 11.1 Å². The fraction of sp³-hybridized carbons (Fsp3) is 0.267. The van der Waals surface area contributed by atoms with Gasteiger partial charge in [-0.2, -0.15) is 0 Å². The second kappa shape index (κ2) is 6.09. The van der Waals surface area contributed by atoms with Crippen molar-refractivity contribution in [2.24, 2.45) is 5.73 Å². The van der Waals surface area contributed by atoms with E-state index in [1.807, 2.05) is 0 Å². The molecule has 0 radical (unpaired) electrons. The number of furan rings is 1. The maximum absolute atomic E-state index is 11.5. The topological polar surface area (TPSA) is 132 Å². The van der Waals surface area contributed by atoms with Gasteiger partial charge in [0.25, 0.3) is 11.6 Å². The molecule has 8 nitrogen and oxygen atoms in total. The van der Waals surface area contributed by atoms with Crippen molar-refractivity contribution >= 4 is 17.3 Å². The van der Waals surface area contributed by atoms with Gasteiger partial charge in [-0.3, -0.25) is 14.9 Å². The standard InChI is InChI=1S/C15H17N3O5/c1-9-3-6-13(23-9)15(2,20)8-17-12-5-4-10(18(21)22)7-11(12)14(16)19/h3-7,17,20H,8H2,1-2H3,(H2,16,19). The van der Waals surface area contributed by atoms with Gasteiger partial charge < -0.3 is 20.6 Å². The zero-order chi connectivity index (χ0) is 17.2. The van der Waals surface area contributed by atoms with Crippen LogP contribution in [0.4, 0.5) is 11.4 Å². The molecular formula is C15H17N3O5. The molecule has 0 aliphatic carbocycles. The molecule has 0 spiro atoms. The zero-order valence-corrected chi connectivity index (χ0v) is 12.7. The quantitative estimate of drug-likeness (QED) is 0.550. The molecule has 23 heavy (non-hydrogen) atoms. The summed E-state index contributed by atoms with van der Waals surface area (Å²) in [6.07, 6.45) is 0. The average molecular weight is 319 g/mol. The highest BCUT2D eigenvalue weighted by atomic mass is 16.6. The molecule has 122 valence electrons. The number of amides is 1. The maximum Gasteiger partial charge on any atom is 0.270 e. The Morgan fingerprint density at radius 2 is 2.13 bits per heavy atom. The number of benzene rings is 1. The Hall–Kier alpha value is -2.87. The molecule has 2 rings (SSSR count). The summed E-state index contributed by atoms with van der Waals surface area (Å²) in [5.74, 6) is 0.225. The first-order valence-electron chi connectivity index (χ1n) is 6.82. The number of aryl methyl sites for hydroxylation is 1. The minimum absolute atomic E-state index is 0.0226. The van der Waals surface area contributed by atoms with Gasteiger partial charge in [-0.25, -0.2) is 0 Å². The fourth-order valence-electron chi connectivity index (χ4n) is 2.08. The lowest BCUT2D eigenvalue weighted by Gasteiger charge is -2.22. The van der Waals surface area contributed by atoms with Crippen LogP contribution in [-0.2, 0) is 5.60 Å². The zero-order valence-electron chi connectivity index (χ0n) is 12.7. The van der Waals surface area contributed by atoms with E-state index in [1.54, 1.807) is 26.0 Å². The number of aliphatic hydroxyl groups is 1. The number of carbonyl (C=O) groups is 1. The van der Waals surface area contributed by atoms with Crippen LogP contribution in [0.15, 0.2) is 34.7 Å². The number of nitrogens with zero attached hydrogens (tertiary/aromatic N) is 1. The molecule has 1 unspecified atom stereocenters. The predicted molar refractivity (Wildman–Crippen MR) is 83.1 cm³/mol. The number of nitrogens with one attached hydrogen (secondary N) is 1. The second-order valence-electron chi connectivity index (χ2n) is 5.39. The van der Waals surface area contributed by atoms with Crippen molar-refractivity contribution in [3.05, 3.63) is 57.5 Å². The monoisotopic (exact) mass is 319 g/mol. The Kier molecular flexibility index (Phi) is 4.37. The Bertz CT molecular complexity index is 751. The lowest BCUT2D eigenvalue weighted by Crippen LogP contribution is -2.31. The summed E-state index contributed by atoms with van der Waals surface area (Å²) < 4.78 is 5.39. The van der Waals surface area contributed by atoms with Crippen LogP contribution in [-0.4, -0.2) is 22.5 Å². The highest BCUT2D eigenvalue weighted by Crippen LogP contribution is 2.26. The van der Waals surface area contributed by atoms with Gasteiger partial charge in [0.15, 0.2) is 0 Å². The first-order valence-corrected chi connectivity index (χ1v) is 6.82. The van der Waals surface area contributed by atoms with E-state index in [-0.39, 0.29) is 17.8 Å². The minimum Gasteiger partial charge on any atom is -0.463 e. The molecule has 1 aromatic carbocycles. The summed E-state index contributed by atoms with van der Waals surface area (Å²) >= 11 is 0. The van der Waals surface area contributed by atoms with E-state index in [1.165, 1.54) is 12.1 Å². The van der Waals surface area contributed by atoms with Crippen molar-refractivity contribution in [2.45, 2.75) is 19.4 Å². The second-order valence-corrected chi connectivity index (χ2v) is 5.39. The third kappa shape index (κ3) is 3.67. The van der Waals surface area contributed by atoms with Crippen LogP contribution in [0.1, 0.15) is 28.8 Å². The van der Waals surface area contributed by atoms with Gasteiger partial charge in [0.05, 0.1) is 17.0 Å². The lowest BCUT2D eigenvalue weighted by molar-refractivity contribution is -0.384. The van der Waals surface area contributed by atoms with E-state index in [4.69, 9.17) is 10.2 Å². The summed E-state index contributed by atoms with van der Waals surface area (Å²) in [5, 5.41) is 24.1. The molecule has 0 saturated carbocycles. The number of non-ortho nitro benzene ring substituents is 1. The Balaban J connectivity index is 2.23. The van der Waals surface area contributed by atoms with Gasteiger partial charge in [0.2, 0.25) is 0 Å². The van der Waals surface area contributed by atoms with Crippen LogP contribution in [0.3, 0.4) is 0 Å². The number of nitro groups is 1. The van der Waals surface area contributed by atoms with Crippen LogP contribution in [0.5, 0.6) is 0 Å². The summed E-state index contributed by atoms with van der Waals surface area (Å²) in [6.45, 7) is 3.33. The van der Waals surface area contributed by atoms with E-state index in [9.17, 15) is 20.0 Å². The predicted octanol–water partition coefficient (Wildman–Crippen LogP) is 1.91. The highest BCUT2D eigenvalue weighted by molar-refractivity contribution is 5.99. The summed E-state index contributed by atoms with van der Waals surface area (Å²) in [6, 6.07) is 7.10. The number of nitro benzene ring substituents is 1. The van der Waals surface area contributed by atoms with Crippen molar-refractivity contribution in [1.82, 2.24) is 0 Å². The molecule has 1 amide bonds. The summed E-state index contributed by atoms with van der Waals surface area (Å²) in [5.41, 5.74) is 3.96. The number of rotatable bonds is 6. The molecule has 0 bridgehead atoms. The third-order valence-corrected chi connectivity index (χ3v) is 3.37. The van der Waals surface area contributed by atoms with Crippen LogP contribution in [0, 0.1) is 17.0 Å². The Labute approximate surface area is 132 Å². The number of carbonyl (C=O) groups excluding carboxylic acids is 1. The van der Waals surface area contributed by atoms with Gasteiger partial charge in [0, 0.05) is 17.8 Å². The number of anilines is 1. The molecule has 4 N–H and O–H groups in total. The van der Waals surface area contributed by atoms with E-state index in [0.717, 1.165) is 6.07 Å². The number of nitrogens with two attached hydrogens (primary N) is 1. The highest BCUT2D eigenvalue weighted by Gasteiger charge is 2.27. The van der Waals surface area contributed by atoms with Crippen molar-refractivity contribution < 1.29 is 19.2 Å². The molecule has 0 fully saturated rings. The lowest BCUT2D eigenvalue weighted by atomic mass is 10.0. The summed E-state index contributed by atoms with van der Waals surface area (Å²) in [4.78, 5) is 21.6. The molecule has 0 aliphatic heterocycles. The van der Waals surface area contributed by atoms with Crippen LogP contribution >= 0.6 is 0 Å². The number of hydrogen-bond acceptors (Lipinski definition) is 6. The summed E-state index contributed by atoms with van der Waals surface area (Å²) in [7, 11) is 0. The Morgan fingerprint density at radius 1 is 1.43 bits per heavy atom. The smallest absolute Gasteiger partial charge is 0.270 e. The SMILES string of the molecule is Cc1ccc(C(C)(O)CNc2ccc([N+](=O)[O-])cc2C(N)=O)o1. The van der Waals surface area contributed by atoms with E-state index < -0.39 is 16.4 Å². The van der Waals surface area contributed by atoms with Crippen molar-refractivity contribution in [3.63, 3.8) is 0 Å². The van der Waals surface area contributed by atoms with Crippen molar-refractivity contribution in [3.8, 4) is 0 Å². The largest absolute Gasteiger partial charge is 0.463 e. The van der Waals surface area contributed by atoms with Crippen molar-refractivity contribution in [2.75, 3.05) is 11.9 Å². The molecule has 1 atom stereocenters. The van der Waals surface area contributed by atoms with E-state index in [0.29, 0.717) is 17.2 Å². The molecule has 1 aromatic heterocycles. The van der Waals surface area contributed by atoms with Gasteiger partial charge in [-0.1, -0.05) is 0 Å². The molecule has 8 heteroatoms. The van der Waals surface area contributed by atoms with Crippen LogP contribution in [0.2, 0.25) is 0 Å². The molecule has 0 aliphatic rings. The first-order chi connectivity index (χ1) is 10.7. The minimum atomic E-state index is -1.33. The van der Waals surface area contributed by atoms with Gasteiger partial charge in [-0.05, 0) is 32.0 Å². The average Bonchev–Trinajstić information content (AvgIpc) is 2.92.